The number of hydrogen-bond acceptors (Lipinski definition) is 5. The van der Waals surface area contributed by atoms with Gasteiger partial charge in [-0.05, 0) is 55.5 Å². The molecular formula is C19H23FN2O5S. The molecule has 152 valence electrons. The molecule has 0 saturated heterocycles. The molecule has 0 aliphatic heterocycles. The van der Waals surface area contributed by atoms with Crippen molar-refractivity contribution in [3.63, 3.8) is 0 Å². The Morgan fingerprint density at radius 2 is 1.61 bits per heavy atom. The molecule has 0 aliphatic rings. The Hall–Kier alpha value is -2.65. The van der Waals surface area contributed by atoms with Crippen molar-refractivity contribution in [2.75, 3.05) is 33.4 Å². The van der Waals surface area contributed by atoms with Crippen LogP contribution in [0.2, 0.25) is 0 Å². The first-order valence-electron chi connectivity index (χ1n) is 8.67. The molecule has 0 atom stereocenters. The van der Waals surface area contributed by atoms with Crippen molar-refractivity contribution in [1.29, 1.82) is 0 Å². The predicted molar refractivity (Wildman–Crippen MR) is 102 cm³/mol. The van der Waals surface area contributed by atoms with Gasteiger partial charge in [-0.3, -0.25) is 4.79 Å². The lowest BCUT2D eigenvalue weighted by molar-refractivity contribution is -0.121. The summed E-state index contributed by atoms with van der Waals surface area (Å²) in [6.07, 6.45) is 0. The summed E-state index contributed by atoms with van der Waals surface area (Å²) in [4.78, 5) is 11.9. The number of sulfonamides is 1. The Labute approximate surface area is 164 Å². The van der Waals surface area contributed by atoms with Gasteiger partial charge < -0.3 is 14.8 Å². The fraction of sp³-hybridized carbons (Fsp3) is 0.316. The first kappa shape index (κ1) is 21.6. The molecule has 0 radical (unpaired) electrons. The number of carbonyl (C=O) groups excluding carboxylic acids is 1. The fourth-order valence-electron chi connectivity index (χ4n) is 2.29. The van der Waals surface area contributed by atoms with E-state index in [0.717, 1.165) is 34.3 Å². The molecule has 0 aromatic heterocycles. The van der Waals surface area contributed by atoms with Gasteiger partial charge in [0.05, 0.1) is 24.6 Å². The SMILES string of the molecule is CCOc1ccc(OCCNC(=O)CN(C)S(=O)(=O)c2ccc(F)cc2)cc1. The van der Waals surface area contributed by atoms with Crippen LogP contribution in [0.1, 0.15) is 6.92 Å². The largest absolute Gasteiger partial charge is 0.494 e. The van der Waals surface area contributed by atoms with Gasteiger partial charge in [0.2, 0.25) is 15.9 Å². The molecule has 1 amide bonds. The lowest BCUT2D eigenvalue weighted by Gasteiger charge is -2.17. The number of rotatable bonds is 10. The highest BCUT2D eigenvalue weighted by molar-refractivity contribution is 7.89. The van der Waals surface area contributed by atoms with Crippen LogP contribution in [-0.2, 0) is 14.8 Å². The molecule has 2 aromatic rings. The van der Waals surface area contributed by atoms with Crippen LogP contribution in [-0.4, -0.2) is 52.0 Å². The second-order valence-electron chi connectivity index (χ2n) is 5.82. The number of nitrogens with one attached hydrogen (secondary N) is 1. The zero-order valence-electron chi connectivity index (χ0n) is 15.7. The third-order valence-electron chi connectivity index (χ3n) is 3.72. The van der Waals surface area contributed by atoms with Gasteiger partial charge in [-0.15, -0.1) is 0 Å². The first-order chi connectivity index (χ1) is 13.3. The number of hydrogen-bond donors (Lipinski definition) is 1. The smallest absolute Gasteiger partial charge is 0.243 e. The Bertz CT molecular complexity index is 870. The van der Waals surface area contributed by atoms with Crippen molar-refractivity contribution in [3.8, 4) is 11.5 Å². The Kier molecular flexibility index (Phi) is 7.77. The van der Waals surface area contributed by atoms with E-state index in [9.17, 15) is 17.6 Å². The minimum Gasteiger partial charge on any atom is -0.494 e. The molecule has 2 aromatic carbocycles. The maximum Gasteiger partial charge on any atom is 0.243 e. The van der Waals surface area contributed by atoms with Crippen LogP contribution < -0.4 is 14.8 Å². The Balaban J connectivity index is 1.76. The van der Waals surface area contributed by atoms with Gasteiger partial charge in [-0.2, -0.15) is 4.31 Å². The van der Waals surface area contributed by atoms with Gasteiger partial charge in [0.25, 0.3) is 0 Å². The van der Waals surface area contributed by atoms with Crippen molar-refractivity contribution in [3.05, 3.63) is 54.3 Å². The van der Waals surface area contributed by atoms with Gasteiger partial charge in [0.15, 0.2) is 0 Å². The number of halogens is 1. The van der Waals surface area contributed by atoms with E-state index in [4.69, 9.17) is 9.47 Å². The molecule has 0 spiro atoms. The molecule has 0 bridgehead atoms. The van der Waals surface area contributed by atoms with Crippen LogP contribution in [0.25, 0.3) is 0 Å². The molecule has 1 N–H and O–H groups in total. The van der Waals surface area contributed by atoms with Gasteiger partial charge in [0, 0.05) is 7.05 Å². The molecular weight excluding hydrogens is 387 g/mol. The summed E-state index contributed by atoms with van der Waals surface area (Å²) >= 11 is 0. The van der Waals surface area contributed by atoms with Crippen molar-refractivity contribution in [2.24, 2.45) is 0 Å². The van der Waals surface area contributed by atoms with Crippen LogP contribution in [0.5, 0.6) is 11.5 Å². The molecule has 0 saturated carbocycles. The van der Waals surface area contributed by atoms with Gasteiger partial charge in [0.1, 0.15) is 23.9 Å². The second kappa shape index (κ2) is 10.0. The molecule has 0 heterocycles. The van der Waals surface area contributed by atoms with Gasteiger partial charge >= 0.3 is 0 Å². The average Bonchev–Trinajstić information content (AvgIpc) is 2.67. The quantitative estimate of drug-likeness (QED) is 0.606. The number of benzene rings is 2. The molecule has 2 rings (SSSR count). The van der Waals surface area contributed by atoms with E-state index >= 15 is 0 Å². The monoisotopic (exact) mass is 410 g/mol. The van der Waals surface area contributed by atoms with Crippen molar-refractivity contribution >= 4 is 15.9 Å². The van der Waals surface area contributed by atoms with Crippen molar-refractivity contribution < 1.29 is 27.1 Å². The zero-order chi connectivity index (χ0) is 20.6. The van der Waals surface area contributed by atoms with Crippen LogP contribution in [0.4, 0.5) is 4.39 Å². The number of carbonyl (C=O) groups is 1. The van der Waals surface area contributed by atoms with E-state index in [1.807, 2.05) is 6.92 Å². The minimum absolute atomic E-state index is 0.0805. The number of nitrogens with zero attached hydrogens (tertiary/aromatic N) is 1. The summed E-state index contributed by atoms with van der Waals surface area (Å²) in [5, 5.41) is 2.59. The fourth-order valence-corrected chi connectivity index (χ4v) is 3.41. The topological polar surface area (TPSA) is 84.9 Å². The number of likely N-dealkylation sites (N-methyl/N-ethyl adjacent to an activating group) is 1. The summed E-state index contributed by atoms with van der Waals surface area (Å²) in [6, 6.07) is 11.5. The van der Waals surface area contributed by atoms with E-state index in [2.05, 4.69) is 5.32 Å². The summed E-state index contributed by atoms with van der Waals surface area (Å²) in [6.45, 7) is 2.57. The molecule has 0 fully saturated rings. The maximum atomic E-state index is 12.9. The van der Waals surface area contributed by atoms with Crippen LogP contribution in [0.15, 0.2) is 53.4 Å². The number of amides is 1. The molecule has 28 heavy (non-hydrogen) atoms. The van der Waals surface area contributed by atoms with E-state index in [-0.39, 0.29) is 24.6 Å². The van der Waals surface area contributed by atoms with Crippen molar-refractivity contribution in [1.82, 2.24) is 9.62 Å². The summed E-state index contributed by atoms with van der Waals surface area (Å²) < 4.78 is 49.4. The van der Waals surface area contributed by atoms with E-state index < -0.39 is 21.7 Å². The summed E-state index contributed by atoms with van der Waals surface area (Å²) in [5.74, 6) is 0.373. The van der Waals surface area contributed by atoms with Gasteiger partial charge in [-0.1, -0.05) is 0 Å². The first-order valence-corrected chi connectivity index (χ1v) is 10.1. The van der Waals surface area contributed by atoms with Gasteiger partial charge in [-0.25, -0.2) is 12.8 Å². The zero-order valence-corrected chi connectivity index (χ0v) is 16.5. The highest BCUT2D eigenvalue weighted by Gasteiger charge is 2.22. The molecule has 0 aliphatic carbocycles. The van der Waals surface area contributed by atoms with Crippen molar-refractivity contribution in [2.45, 2.75) is 11.8 Å². The second-order valence-corrected chi connectivity index (χ2v) is 7.86. The highest BCUT2D eigenvalue weighted by Crippen LogP contribution is 2.17. The summed E-state index contributed by atoms with van der Waals surface area (Å²) in [7, 11) is -2.58. The third kappa shape index (κ3) is 6.21. The van der Waals surface area contributed by atoms with E-state index in [1.54, 1.807) is 24.3 Å². The van der Waals surface area contributed by atoms with Crippen LogP contribution in [0.3, 0.4) is 0 Å². The normalized spacial score (nSPS) is 11.3. The molecule has 9 heteroatoms. The lowest BCUT2D eigenvalue weighted by Crippen LogP contribution is -2.39. The Morgan fingerprint density at radius 1 is 1.04 bits per heavy atom. The maximum absolute atomic E-state index is 12.9. The molecule has 7 nitrogen and oxygen atoms in total. The standard InChI is InChI=1S/C19H23FN2O5S/c1-3-26-16-6-8-17(9-7-16)27-13-12-21-19(23)14-22(2)28(24,25)18-10-4-15(20)5-11-18/h4-11H,3,12-14H2,1-2H3,(H,21,23). The minimum atomic E-state index is -3.87. The van der Waals surface area contributed by atoms with E-state index in [1.165, 1.54) is 7.05 Å². The number of ether oxygens (including phenoxy) is 2. The highest BCUT2D eigenvalue weighted by atomic mass is 32.2. The van der Waals surface area contributed by atoms with E-state index in [0.29, 0.717) is 12.4 Å². The lowest BCUT2D eigenvalue weighted by atomic mass is 10.3. The van der Waals surface area contributed by atoms with Crippen LogP contribution in [0, 0.1) is 5.82 Å². The third-order valence-corrected chi connectivity index (χ3v) is 5.53. The average molecular weight is 410 g/mol. The molecule has 0 unspecified atom stereocenters. The van der Waals surface area contributed by atoms with Crippen LogP contribution >= 0.6 is 0 Å². The predicted octanol–water partition coefficient (Wildman–Crippen LogP) is 2.04. The summed E-state index contributed by atoms with van der Waals surface area (Å²) in [5.41, 5.74) is 0. The Morgan fingerprint density at radius 3 is 2.18 bits per heavy atom.